The maximum Gasteiger partial charge on any atom is 0.179 e. The van der Waals surface area contributed by atoms with Gasteiger partial charge in [0.2, 0.25) is 0 Å². The lowest BCUT2D eigenvalue weighted by Gasteiger charge is -2.35. The summed E-state index contributed by atoms with van der Waals surface area (Å²) < 4.78 is 2.36. The van der Waals surface area contributed by atoms with Crippen molar-refractivity contribution in [3.05, 3.63) is 212 Å². The fraction of sp³-hybridized carbons (Fsp3) is 0.0200. The third kappa shape index (κ3) is 5.54. The molecule has 10 rings (SSSR count). The molecule has 0 bridgehead atoms. The van der Waals surface area contributed by atoms with Gasteiger partial charge in [0.05, 0.1) is 22.5 Å². The minimum absolute atomic E-state index is 0.867. The van der Waals surface area contributed by atoms with Crippen LogP contribution in [0.2, 0.25) is 0 Å². The fourth-order valence-corrected chi connectivity index (χ4v) is 14.1. The van der Waals surface area contributed by atoms with Crippen LogP contribution in [0, 0.1) is 0 Å². The quantitative estimate of drug-likeness (QED) is 0.120. The Balaban J connectivity index is 1.23. The van der Waals surface area contributed by atoms with Gasteiger partial charge in [-0.1, -0.05) is 176 Å². The lowest BCUT2D eigenvalue weighted by atomic mass is 9.99. The van der Waals surface area contributed by atoms with Gasteiger partial charge < -0.3 is 0 Å². The van der Waals surface area contributed by atoms with E-state index in [4.69, 9.17) is 4.98 Å². The van der Waals surface area contributed by atoms with E-state index in [1.807, 2.05) is 11.8 Å². The van der Waals surface area contributed by atoms with E-state index >= 15 is 0 Å². The Bertz CT molecular complexity index is 2660. The molecule has 0 fully saturated rings. The number of hydrogen-bond donors (Lipinski definition) is 0. The summed E-state index contributed by atoms with van der Waals surface area (Å²) in [6.07, 6.45) is 0. The molecule has 0 spiro atoms. The lowest BCUT2D eigenvalue weighted by molar-refractivity contribution is 0.945. The Hall–Kier alpha value is -6.20. The van der Waals surface area contributed by atoms with E-state index in [1.165, 1.54) is 64.7 Å². The van der Waals surface area contributed by atoms with Crippen LogP contribution < -0.4 is 20.7 Å². The molecule has 0 amide bonds. The van der Waals surface area contributed by atoms with E-state index < -0.39 is 8.07 Å². The Morgan fingerprint density at radius 2 is 0.926 bits per heavy atom. The predicted octanol–water partition coefficient (Wildman–Crippen LogP) is 10.0. The fourth-order valence-electron chi connectivity index (χ4n) is 8.32. The van der Waals surface area contributed by atoms with Gasteiger partial charge in [0.1, 0.15) is 5.82 Å². The molecule has 2 nitrogen and oxygen atoms in total. The van der Waals surface area contributed by atoms with Gasteiger partial charge in [0.25, 0.3) is 0 Å². The number of hydrogen-bond acceptors (Lipinski definition) is 2. The summed E-state index contributed by atoms with van der Waals surface area (Å²) in [5, 5.41) is 5.41. The first-order valence-corrected chi connectivity index (χ1v) is 21.5. The van der Waals surface area contributed by atoms with Crippen LogP contribution in [-0.4, -0.2) is 17.6 Å². The number of para-hydroxylation sites is 1. The zero-order valence-corrected chi connectivity index (χ0v) is 31.5. The first kappa shape index (κ1) is 32.4. The molecule has 54 heavy (non-hydrogen) atoms. The number of nitrogens with zero attached hydrogens (tertiary/aromatic N) is 2. The van der Waals surface area contributed by atoms with E-state index in [-0.39, 0.29) is 0 Å². The van der Waals surface area contributed by atoms with Crippen molar-refractivity contribution in [1.82, 2.24) is 9.55 Å². The van der Waals surface area contributed by atoms with Crippen molar-refractivity contribution in [3.8, 4) is 39.1 Å². The number of thioether (sulfide) groups is 1. The van der Waals surface area contributed by atoms with Crippen LogP contribution in [0.4, 0.5) is 0 Å². The maximum atomic E-state index is 5.08. The van der Waals surface area contributed by atoms with Crippen molar-refractivity contribution in [2.75, 3.05) is 0 Å². The van der Waals surface area contributed by atoms with Gasteiger partial charge in [-0.3, -0.25) is 4.57 Å². The second-order valence-corrected chi connectivity index (χ2v) is 18.7. The summed E-state index contributed by atoms with van der Waals surface area (Å²) in [5.41, 5.74) is 10.7. The average Bonchev–Trinajstić information content (AvgIpc) is 3.64. The number of imidazole rings is 1. The van der Waals surface area contributed by atoms with Crippen molar-refractivity contribution >= 4 is 51.6 Å². The molecule has 2 heterocycles. The summed E-state index contributed by atoms with van der Waals surface area (Å²) >= 11 is 1.87. The minimum atomic E-state index is -2.92. The molecule has 1 aromatic heterocycles. The number of aromatic nitrogens is 2. The Labute approximate surface area is 321 Å². The predicted molar refractivity (Wildman–Crippen MR) is 231 cm³/mol. The molecule has 1 aliphatic heterocycles. The second kappa shape index (κ2) is 13.6. The van der Waals surface area contributed by atoms with Crippen molar-refractivity contribution in [1.29, 1.82) is 0 Å². The molecule has 0 saturated carbocycles. The topological polar surface area (TPSA) is 17.8 Å². The highest BCUT2D eigenvalue weighted by Gasteiger charge is 2.42. The Morgan fingerprint density at radius 1 is 0.407 bits per heavy atom. The SMILES string of the molecule is c1ccc(-c2cc(-c3ccccc3)cc([Si](c3ccccc3)(c3ccccc3)c3cccc(-c4ccc5nc6n(c5c4)-c4ccccc4SC6)c3)c2)cc1. The number of benzene rings is 8. The highest BCUT2D eigenvalue weighted by Crippen LogP contribution is 2.38. The summed E-state index contributed by atoms with van der Waals surface area (Å²) in [4.78, 5) is 6.38. The minimum Gasteiger partial charge on any atom is -0.294 e. The van der Waals surface area contributed by atoms with Crippen LogP contribution in [0.5, 0.6) is 0 Å². The highest BCUT2D eigenvalue weighted by atomic mass is 32.2. The van der Waals surface area contributed by atoms with E-state index in [0.717, 1.165) is 22.6 Å². The Kier molecular flexibility index (Phi) is 8.20. The Morgan fingerprint density at radius 3 is 1.57 bits per heavy atom. The van der Waals surface area contributed by atoms with Crippen molar-refractivity contribution in [2.45, 2.75) is 10.6 Å². The third-order valence-electron chi connectivity index (χ3n) is 10.8. The van der Waals surface area contributed by atoms with Gasteiger partial charge in [0, 0.05) is 4.90 Å². The molecule has 0 unspecified atom stereocenters. The van der Waals surface area contributed by atoms with Crippen LogP contribution in [0.1, 0.15) is 5.82 Å². The molecular weight excluding hydrogens is 689 g/mol. The van der Waals surface area contributed by atoms with Gasteiger partial charge in [-0.05, 0) is 84.5 Å². The van der Waals surface area contributed by atoms with Crippen LogP contribution in [0.25, 0.3) is 50.1 Å². The smallest absolute Gasteiger partial charge is 0.179 e. The number of fused-ring (bicyclic) bond motifs is 5. The number of rotatable bonds is 7. The van der Waals surface area contributed by atoms with E-state index in [9.17, 15) is 0 Å². The molecule has 0 N–H and O–H groups in total. The van der Waals surface area contributed by atoms with E-state index in [2.05, 4.69) is 211 Å². The van der Waals surface area contributed by atoms with Crippen LogP contribution in [-0.2, 0) is 5.75 Å². The molecule has 8 aromatic carbocycles. The van der Waals surface area contributed by atoms with Crippen molar-refractivity contribution in [2.24, 2.45) is 0 Å². The van der Waals surface area contributed by atoms with E-state index in [0.29, 0.717) is 0 Å². The van der Waals surface area contributed by atoms with Gasteiger partial charge in [0.15, 0.2) is 8.07 Å². The maximum absolute atomic E-state index is 5.08. The molecule has 1 aliphatic rings. The van der Waals surface area contributed by atoms with Crippen LogP contribution >= 0.6 is 11.8 Å². The summed E-state index contributed by atoms with van der Waals surface area (Å²) in [5.74, 6) is 1.97. The summed E-state index contributed by atoms with van der Waals surface area (Å²) in [7, 11) is -2.92. The molecular formula is C50H36N2SSi. The molecule has 9 aromatic rings. The van der Waals surface area contributed by atoms with Crippen LogP contribution in [0.15, 0.2) is 211 Å². The van der Waals surface area contributed by atoms with Gasteiger partial charge in [-0.15, -0.1) is 11.8 Å². The third-order valence-corrected chi connectivity index (χ3v) is 16.6. The molecule has 0 aliphatic carbocycles. The molecule has 256 valence electrons. The average molecular weight is 725 g/mol. The lowest BCUT2D eigenvalue weighted by Crippen LogP contribution is -2.74. The zero-order chi connectivity index (χ0) is 35.9. The summed E-state index contributed by atoms with van der Waals surface area (Å²) in [6.45, 7) is 0. The largest absolute Gasteiger partial charge is 0.294 e. The first-order valence-electron chi connectivity index (χ1n) is 18.5. The molecule has 0 saturated heterocycles. The monoisotopic (exact) mass is 724 g/mol. The zero-order valence-electron chi connectivity index (χ0n) is 29.6. The van der Waals surface area contributed by atoms with E-state index in [1.54, 1.807) is 0 Å². The van der Waals surface area contributed by atoms with Gasteiger partial charge >= 0.3 is 0 Å². The molecule has 0 radical (unpaired) electrons. The summed E-state index contributed by atoms with van der Waals surface area (Å²) in [6, 6.07) is 76.3. The van der Waals surface area contributed by atoms with Crippen LogP contribution in [0.3, 0.4) is 0 Å². The van der Waals surface area contributed by atoms with Crippen molar-refractivity contribution < 1.29 is 0 Å². The normalized spacial score (nSPS) is 12.3. The van der Waals surface area contributed by atoms with Gasteiger partial charge in [-0.2, -0.15) is 0 Å². The van der Waals surface area contributed by atoms with Gasteiger partial charge in [-0.25, -0.2) is 4.98 Å². The van der Waals surface area contributed by atoms with Crippen molar-refractivity contribution in [3.63, 3.8) is 0 Å². The molecule has 4 heteroatoms. The highest BCUT2D eigenvalue weighted by molar-refractivity contribution is 7.98. The molecule has 0 atom stereocenters. The second-order valence-electron chi connectivity index (χ2n) is 13.9. The standard InChI is InChI=1S/C50H36N2SSi/c1-5-16-36(17-6-1)40-30-41(37-18-7-2-8-19-37)33-45(32-40)54(42-21-9-3-10-22-42,43-23-11-4-12-24-43)44-25-15-20-38(31-44)39-28-29-46-48(34-39)52-47-26-13-14-27-49(47)53-35-50(52)51-46/h1-34H,35H2. The first-order chi connectivity index (χ1) is 26.8.